The predicted molar refractivity (Wildman–Crippen MR) is 46.7 cm³/mol. The van der Waals surface area contributed by atoms with Crippen molar-refractivity contribution in [2.24, 2.45) is 5.92 Å². The van der Waals surface area contributed by atoms with E-state index in [1.165, 1.54) is 0 Å². The van der Waals surface area contributed by atoms with Gasteiger partial charge in [0.1, 0.15) is 0 Å². The fourth-order valence-corrected chi connectivity index (χ4v) is 1.02. The SMILES string of the molecule is CCC(C(=O)OC(C)C)C(C)O. The van der Waals surface area contributed by atoms with E-state index in [0.717, 1.165) is 0 Å². The molecule has 72 valence electrons. The summed E-state index contributed by atoms with van der Waals surface area (Å²) in [5, 5.41) is 9.19. The van der Waals surface area contributed by atoms with Crippen LogP contribution in [0.25, 0.3) is 0 Å². The Morgan fingerprint density at radius 2 is 1.92 bits per heavy atom. The van der Waals surface area contributed by atoms with Gasteiger partial charge in [-0.05, 0) is 27.2 Å². The summed E-state index contributed by atoms with van der Waals surface area (Å²) >= 11 is 0. The van der Waals surface area contributed by atoms with E-state index in [4.69, 9.17) is 4.74 Å². The van der Waals surface area contributed by atoms with Crippen LogP contribution in [-0.4, -0.2) is 23.3 Å². The molecule has 3 heteroatoms. The number of rotatable bonds is 4. The van der Waals surface area contributed by atoms with Gasteiger partial charge in [-0.1, -0.05) is 6.92 Å². The van der Waals surface area contributed by atoms with Gasteiger partial charge in [-0.25, -0.2) is 0 Å². The van der Waals surface area contributed by atoms with Crippen LogP contribution < -0.4 is 0 Å². The number of aliphatic hydroxyl groups excluding tert-OH is 1. The van der Waals surface area contributed by atoms with Gasteiger partial charge in [-0.3, -0.25) is 4.79 Å². The predicted octanol–water partition coefficient (Wildman–Crippen LogP) is 1.34. The topological polar surface area (TPSA) is 46.5 Å². The molecule has 0 bridgehead atoms. The molecule has 0 aliphatic carbocycles. The summed E-state index contributed by atoms with van der Waals surface area (Å²) in [6, 6.07) is 0. The molecule has 0 heterocycles. The number of hydrogen-bond acceptors (Lipinski definition) is 3. The second-order valence-corrected chi connectivity index (χ2v) is 3.24. The minimum atomic E-state index is -0.624. The van der Waals surface area contributed by atoms with E-state index in [2.05, 4.69) is 0 Å². The van der Waals surface area contributed by atoms with Gasteiger partial charge >= 0.3 is 5.97 Å². The first kappa shape index (κ1) is 11.4. The molecule has 0 aromatic heterocycles. The van der Waals surface area contributed by atoms with Crippen molar-refractivity contribution in [1.29, 1.82) is 0 Å². The molecular weight excluding hydrogens is 156 g/mol. The fraction of sp³-hybridized carbons (Fsp3) is 0.889. The number of aliphatic hydroxyl groups is 1. The van der Waals surface area contributed by atoms with E-state index in [1.54, 1.807) is 20.8 Å². The first-order valence-corrected chi connectivity index (χ1v) is 4.37. The molecule has 2 unspecified atom stereocenters. The van der Waals surface area contributed by atoms with Crippen molar-refractivity contribution in [3.8, 4) is 0 Å². The summed E-state index contributed by atoms with van der Waals surface area (Å²) in [5.74, 6) is -0.685. The van der Waals surface area contributed by atoms with Crippen molar-refractivity contribution in [2.45, 2.75) is 46.3 Å². The van der Waals surface area contributed by atoms with Gasteiger partial charge in [0.15, 0.2) is 0 Å². The Morgan fingerprint density at radius 1 is 1.42 bits per heavy atom. The lowest BCUT2D eigenvalue weighted by molar-refractivity contribution is -0.156. The largest absolute Gasteiger partial charge is 0.463 e. The Hall–Kier alpha value is -0.570. The maximum Gasteiger partial charge on any atom is 0.311 e. The monoisotopic (exact) mass is 174 g/mol. The van der Waals surface area contributed by atoms with E-state index in [-0.39, 0.29) is 18.0 Å². The highest BCUT2D eigenvalue weighted by molar-refractivity contribution is 5.73. The average Bonchev–Trinajstić information content (AvgIpc) is 1.85. The number of carbonyl (C=O) groups is 1. The number of esters is 1. The summed E-state index contributed by atoms with van der Waals surface area (Å²) < 4.78 is 4.97. The molecule has 0 aromatic carbocycles. The lowest BCUT2D eigenvalue weighted by Crippen LogP contribution is -2.28. The smallest absolute Gasteiger partial charge is 0.311 e. The first-order valence-electron chi connectivity index (χ1n) is 4.37. The van der Waals surface area contributed by atoms with E-state index in [1.807, 2.05) is 6.92 Å². The minimum Gasteiger partial charge on any atom is -0.463 e. The standard InChI is InChI=1S/C9H18O3/c1-5-8(7(4)10)9(11)12-6(2)3/h6-8,10H,5H2,1-4H3. The van der Waals surface area contributed by atoms with Crippen molar-refractivity contribution >= 4 is 5.97 Å². The van der Waals surface area contributed by atoms with Crippen molar-refractivity contribution in [3.63, 3.8) is 0 Å². The molecule has 0 aromatic rings. The lowest BCUT2D eigenvalue weighted by atomic mass is 10.0. The summed E-state index contributed by atoms with van der Waals surface area (Å²) in [4.78, 5) is 11.2. The molecule has 0 amide bonds. The van der Waals surface area contributed by atoms with Crippen molar-refractivity contribution < 1.29 is 14.6 Å². The summed E-state index contributed by atoms with van der Waals surface area (Å²) in [7, 11) is 0. The minimum absolute atomic E-state index is 0.106. The lowest BCUT2D eigenvalue weighted by Gasteiger charge is -2.18. The molecule has 2 atom stereocenters. The molecule has 0 radical (unpaired) electrons. The van der Waals surface area contributed by atoms with E-state index in [0.29, 0.717) is 6.42 Å². The second-order valence-electron chi connectivity index (χ2n) is 3.24. The van der Waals surface area contributed by atoms with Crippen molar-refractivity contribution in [3.05, 3.63) is 0 Å². The Bertz CT molecular complexity index is 141. The second kappa shape index (κ2) is 5.14. The van der Waals surface area contributed by atoms with Crippen LogP contribution in [0, 0.1) is 5.92 Å². The van der Waals surface area contributed by atoms with Crippen LogP contribution in [0.1, 0.15) is 34.1 Å². The van der Waals surface area contributed by atoms with Gasteiger partial charge in [0, 0.05) is 0 Å². The molecular formula is C9H18O3. The Balaban J connectivity index is 4.04. The zero-order valence-electron chi connectivity index (χ0n) is 8.20. The van der Waals surface area contributed by atoms with Crippen LogP contribution in [0.15, 0.2) is 0 Å². The van der Waals surface area contributed by atoms with E-state index >= 15 is 0 Å². The fourth-order valence-electron chi connectivity index (χ4n) is 1.02. The summed E-state index contributed by atoms with van der Waals surface area (Å²) in [6.07, 6.45) is -0.116. The number of carbonyl (C=O) groups excluding carboxylic acids is 1. The molecule has 0 fully saturated rings. The van der Waals surface area contributed by atoms with Gasteiger partial charge < -0.3 is 9.84 Å². The van der Waals surface area contributed by atoms with Gasteiger partial charge in [0.2, 0.25) is 0 Å². The zero-order chi connectivity index (χ0) is 9.72. The normalized spacial score (nSPS) is 15.8. The molecule has 0 rings (SSSR count). The Kier molecular flexibility index (Phi) is 4.90. The van der Waals surface area contributed by atoms with E-state index in [9.17, 15) is 9.90 Å². The third-order valence-corrected chi connectivity index (χ3v) is 1.68. The van der Waals surface area contributed by atoms with Crippen LogP contribution in [0.4, 0.5) is 0 Å². The highest BCUT2D eigenvalue weighted by Crippen LogP contribution is 2.11. The van der Waals surface area contributed by atoms with E-state index < -0.39 is 6.10 Å². The van der Waals surface area contributed by atoms with Gasteiger partial charge in [0.05, 0.1) is 18.1 Å². The van der Waals surface area contributed by atoms with Crippen molar-refractivity contribution in [1.82, 2.24) is 0 Å². The highest BCUT2D eigenvalue weighted by Gasteiger charge is 2.23. The van der Waals surface area contributed by atoms with Crippen LogP contribution in [0.5, 0.6) is 0 Å². The third kappa shape index (κ3) is 3.72. The molecule has 0 saturated heterocycles. The summed E-state index contributed by atoms with van der Waals surface area (Å²) in [5.41, 5.74) is 0. The average molecular weight is 174 g/mol. The zero-order valence-corrected chi connectivity index (χ0v) is 8.20. The number of hydrogen-bond donors (Lipinski definition) is 1. The van der Waals surface area contributed by atoms with Crippen LogP contribution in [-0.2, 0) is 9.53 Å². The summed E-state index contributed by atoms with van der Waals surface area (Å²) in [6.45, 7) is 7.06. The molecule has 12 heavy (non-hydrogen) atoms. The van der Waals surface area contributed by atoms with Gasteiger partial charge in [-0.15, -0.1) is 0 Å². The molecule has 0 spiro atoms. The molecule has 1 N–H and O–H groups in total. The number of ether oxygens (including phenoxy) is 1. The van der Waals surface area contributed by atoms with Crippen LogP contribution in [0.3, 0.4) is 0 Å². The first-order chi connectivity index (χ1) is 5.49. The third-order valence-electron chi connectivity index (χ3n) is 1.68. The maximum atomic E-state index is 11.2. The molecule has 0 aliphatic rings. The maximum absolute atomic E-state index is 11.2. The molecule has 0 saturated carbocycles. The molecule has 3 nitrogen and oxygen atoms in total. The van der Waals surface area contributed by atoms with Gasteiger partial charge in [0.25, 0.3) is 0 Å². The quantitative estimate of drug-likeness (QED) is 0.654. The molecule has 0 aliphatic heterocycles. The van der Waals surface area contributed by atoms with Crippen LogP contribution >= 0.6 is 0 Å². The van der Waals surface area contributed by atoms with Gasteiger partial charge in [-0.2, -0.15) is 0 Å². The van der Waals surface area contributed by atoms with Crippen LogP contribution in [0.2, 0.25) is 0 Å². The van der Waals surface area contributed by atoms with Crippen molar-refractivity contribution in [2.75, 3.05) is 0 Å². The Morgan fingerprint density at radius 3 is 2.17 bits per heavy atom. The highest BCUT2D eigenvalue weighted by atomic mass is 16.5. The Labute approximate surface area is 73.7 Å².